The first-order chi connectivity index (χ1) is 14.8. The molecule has 0 saturated carbocycles. The van der Waals surface area contributed by atoms with Gasteiger partial charge in [-0.1, -0.05) is 30.3 Å². The molecule has 3 rings (SSSR count). The Morgan fingerprint density at radius 1 is 1.03 bits per heavy atom. The van der Waals surface area contributed by atoms with Crippen molar-refractivity contribution in [3.8, 4) is 5.75 Å². The lowest BCUT2D eigenvalue weighted by molar-refractivity contribution is -0.385. The van der Waals surface area contributed by atoms with Crippen molar-refractivity contribution >= 4 is 28.9 Å². The number of aryl methyl sites for hydroxylation is 1. The van der Waals surface area contributed by atoms with Crippen LogP contribution in [-0.4, -0.2) is 23.3 Å². The quantitative estimate of drug-likeness (QED) is 0.435. The number of benzene rings is 3. The maximum Gasteiger partial charge on any atom is 0.274 e. The van der Waals surface area contributed by atoms with Gasteiger partial charge >= 0.3 is 0 Å². The van der Waals surface area contributed by atoms with Crippen LogP contribution in [0.25, 0.3) is 0 Å². The van der Waals surface area contributed by atoms with Crippen molar-refractivity contribution in [1.29, 1.82) is 0 Å². The third-order valence-electron chi connectivity index (χ3n) is 4.30. The minimum absolute atomic E-state index is 0.0168. The summed E-state index contributed by atoms with van der Waals surface area (Å²) in [5.41, 5.74) is 0.738. The fourth-order valence-corrected chi connectivity index (χ4v) is 2.75. The van der Waals surface area contributed by atoms with E-state index in [1.807, 2.05) is 0 Å². The lowest BCUT2D eigenvalue weighted by Crippen LogP contribution is -2.22. The summed E-state index contributed by atoms with van der Waals surface area (Å²) in [4.78, 5) is 35.3. The molecule has 2 N–H and O–H groups in total. The summed E-state index contributed by atoms with van der Waals surface area (Å²) in [5.74, 6) is -1.62. The molecule has 8 nitrogen and oxygen atoms in total. The number of rotatable bonds is 7. The van der Waals surface area contributed by atoms with Crippen LogP contribution < -0.4 is 15.4 Å². The summed E-state index contributed by atoms with van der Waals surface area (Å²) in [6.45, 7) is 1.15. The van der Waals surface area contributed by atoms with Gasteiger partial charge in [0.25, 0.3) is 17.5 Å². The number of para-hydroxylation sites is 2. The zero-order valence-electron chi connectivity index (χ0n) is 16.4. The normalized spacial score (nSPS) is 10.3. The Labute approximate surface area is 176 Å². The molecule has 0 aliphatic heterocycles. The van der Waals surface area contributed by atoms with E-state index in [9.17, 15) is 24.1 Å². The van der Waals surface area contributed by atoms with E-state index in [2.05, 4.69) is 10.6 Å². The smallest absolute Gasteiger partial charge is 0.274 e. The third kappa shape index (κ3) is 5.41. The highest BCUT2D eigenvalue weighted by Crippen LogP contribution is 2.24. The van der Waals surface area contributed by atoms with Crippen molar-refractivity contribution in [2.45, 2.75) is 6.92 Å². The number of nitro groups is 1. The second-order valence-corrected chi connectivity index (χ2v) is 6.53. The van der Waals surface area contributed by atoms with Gasteiger partial charge in [-0.2, -0.15) is 0 Å². The van der Waals surface area contributed by atoms with E-state index < -0.39 is 29.2 Å². The molecular formula is C22H18FN3O5. The van der Waals surface area contributed by atoms with Crippen LogP contribution in [0, 0.1) is 22.9 Å². The SMILES string of the molecule is Cc1ccc(NC(=O)c2ccccc2OCC(=O)Nc2ccccc2F)cc1[N+](=O)[O-]. The van der Waals surface area contributed by atoms with Crippen molar-refractivity contribution in [3.05, 3.63) is 93.8 Å². The first-order valence-corrected chi connectivity index (χ1v) is 9.18. The van der Waals surface area contributed by atoms with E-state index in [0.29, 0.717) is 5.56 Å². The van der Waals surface area contributed by atoms with Gasteiger partial charge in [0, 0.05) is 17.3 Å². The van der Waals surface area contributed by atoms with Crippen molar-refractivity contribution < 1.29 is 23.6 Å². The van der Waals surface area contributed by atoms with Gasteiger partial charge in [-0.05, 0) is 37.3 Å². The molecule has 0 aliphatic rings. The van der Waals surface area contributed by atoms with Crippen molar-refractivity contribution in [3.63, 3.8) is 0 Å². The average Bonchev–Trinajstić information content (AvgIpc) is 2.75. The fraction of sp³-hybridized carbons (Fsp3) is 0.0909. The van der Waals surface area contributed by atoms with Crippen LogP contribution in [0.5, 0.6) is 5.75 Å². The van der Waals surface area contributed by atoms with Gasteiger partial charge in [-0.3, -0.25) is 19.7 Å². The lowest BCUT2D eigenvalue weighted by atomic mass is 10.1. The van der Waals surface area contributed by atoms with E-state index in [0.717, 1.165) is 0 Å². The van der Waals surface area contributed by atoms with Crippen LogP contribution >= 0.6 is 0 Å². The summed E-state index contributed by atoms with van der Waals surface area (Å²) in [7, 11) is 0. The van der Waals surface area contributed by atoms with Gasteiger partial charge in [-0.15, -0.1) is 0 Å². The molecule has 0 radical (unpaired) electrons. The molecule has 0 fully saturated rings. The van der Waals surface area contributed by atoms with Crippen LogP contribution in [0.3, 0.4) is 0 Å². The Hall–Kier alpha value is -4.27. The van der Waals surface area contributed by atoms with Crippen molar-refractivity contribution in [2.24, 2.45) is 0 Å². The summed E-state index contributed by atoms with van der Waals surface area (Å²) in [5, 5.41) is 16.1. The largest absolute Gasteiger partial charge is 0.483 e. The molecule has 9 heteroatoms. The molecular weight excluding hydrogens is 405 g/mol. The Morgan fingerprint density at radius 3 is 2.48 bits per heavy atom. The molecule has 3 aromatic carbocycles. The van der Waals surface area contributed by atoms with Crippen LogP contribution in [0.2, 0.25) is 0 Å². The van der Waals surface area contributed by atoms with E-state index in [-0.39, 0.29) is 28.4 Å². The number of amides is 2. The van der Waals surface area contributed by atoms with Crippen LogP contribution in [0.15, 0.2) is 66.7 Å². The zero-order chi connectivity index (χ0) is 22.4. The molecule has 158 valence electrons. The fourth-order valence-electron chi connectivity index (χ4n) is 2.75. The Balaban J connectivity index is 1.69. The van der Waals surface area contributed by atoms with Crippen LogP contribution in [0.1, 0.15) is 15.9 Å². The topological polar surface area (TPSA) is 111 Å². The summed E-state index contributed by atoms with van der Waals surface area (Å²) < 4.78 is 19.1. The number of nitrogens with zero attached hydrogens (tertiary/aromatic N) is 1. The van der Waals surface area contributed by atoms with Crippen molar-refractivity contribution in [2.75, 3.05) is 17.2 Å². The highest BCUT2D eigenvalue weighted by molar-refractivity contribution is 6.06. The average molecular weight is 423 g/mol. The van der Waals surface area contributed by atoms with Gasteiger partial charge in [0.05, 0.1) is 16.2 Å². The van der Waals surface area contributed by atoms with E-state index in [1.54, 1.807) is 31.2 Å². The molecule has 0 aliphatic carbocycles. The number of carbonyl (C=O) groups excluding carboxylic acids is 2. The monoisotopic (exact) mass is 423 g/mol. The first-order valence-electron chi connectivity index (χ1n) is 9.18. The molecule has 0 saturated heterocycles. The number of halogens is 1. The maximum absolute atomic E-state index is 13.6. The minimum atomic E-state index is -0.602. The molecule has 0 spiro atoms. The predicted molar refractivity (Wildman–Crippen MR) is 113 cm³/mol. The number of hydrogen-bond donors (Lipinski definition) is 2. The molecule has 2 amide bonds. The van der Waals surface area contributed by atoms with Gasteiger partial charge in [0.15, 0.2) is 6.61 Å². The number of anilines is 2. The van der Waals surface area contributed by atoms with E-state index >= 15 is 0 Å². The molecule has 0 heterocycles. The highest BCUT2D eigenvalue weighted by atomic mass is 19.1. The maximum atomic E-state index is 13.6. The van der Waals surface area contributed by atoms with Gasteiger partial charge in [-0.25, -0.2) is 4.39 Å². The summed E-state index contributed by atoms with van der Waals surface area (Å²) >= 11 is 0. The van der Waals surface area contributed by atoms with Gasteiger partial charge in [0.1, 0.15) is 11.6 Å². The van der Waals surface area contributed by atoms with Crippen molar-refractivity contribution in [1.82, 2.24) is 0 Å². The molecule has 3 aromatic rings. The lowest BCUT2D eigenvalue weighted by Gasteiger charge is -2.12. The number of nitrogens with one attached hydrogen (secondary N) is 2. The van der Waals surface area contributed by atoms with Crippen LogP contribution in [0.4, 0.5) is 21.5 Å². The zero-order valence-corrected chi connectivity index (χ0v) is 16.4. The summed E-state index contributed by atoms with van der Waals surface area (Å²) in [6.07, 6.45) is 0. The number of ether oxygens (including phenoxy) is 1. The molecule has 31 heavy (non-hydrogen) atoms. The standard InChI is InChI=1S/C22H18FN3O5/c1-14-10-11-15(12-19(14)26(29)30)24-22(28)16-6-2-5-9-20(16)31-13-21(27)25-18-8-4-3-7-17(18)23/h2-12H,13H2,1H3,(H,24,28)(H,25,27). The Morgan fingerprint density at radius 2 is 1.74 bits per heavy atom. The second kappa shape index (κ2) is 9.49. The van der Waals surface area contributed by atoms with E-state index in [1.165, 1.54) is 42.5 Å². The van der Waals surface area contributed by atoms with Crippen LogP contribution in [-0.2, 0) is 4.79 Å². The first kappa shape index (κ1) is 21.4. The number of carbonyl (C=O) groups is 2. The van der Waals surface area contributed by atoms with E-state index in [4.69, 9.17) is 4.74 Å². The number of hydrogen-bond acceptors (Lipinski definition) is 5. The van der Waals surface area contributed by atoms with Gasteiger partial charge in [0.2, 0.25) is 0 Å². The summed E-state index contributed by atoms with van der Waals surface area (Å²) in [6, 6.07) is 16.3. The Bertz CT molecular complexity index is 1150. The molecule has 0 unspecified atom stereocenters. The predicted octanol–water partition coefficient (Wildman–Crippen LogP) is 4.31. The second-order valence-electron chi connectivity index (χ2n) is 6.53. The third-order valence-corrected chi connectivity index (χ3v) is 4.30. The molecule has 0 aromatic heterocycles. The molecule has 0 atom stereocenters. The highest BCUT2D eigenvalue weighted by Gasteiger charge is 2.16. The minimum Gasteiger partial charge on any atom is -0.483 e. The van der Waals surface area contributed by atoms with Gasteiger partial charge < -0.3 is 15.4 Å². The Kier molecular flexibility index (Phi) is 6.56. The number of nitro benzene ring substituents is 1. The molecule has 0 bridgehead atoms.